The number of amides is 2. The number of carbonyl (C=O) groups excluding carboxylic acids is 2. The fourth-order valence-corrected chi connectivity index (χ4v) is 1.57. The first-order valence-corrected chi connectivity index (χ1v) is 7.07. The largest absolute Gasteiger partial charge is 0.481 e. The molecule has 1 aromatic rings. The van der Waals surface area contributed by atoms with Gasteiger partial charge in [0.1, 0.15) is 12.4 Å². The van der Waals surface area contributed by atoms with E-state index >= 15 is 0 Å². The van der Waals surface area contributed by atoms with Gasteiger partial charge in [-0.1, -0.05) is 32.8 Å². The molecule has 0 aliphatic heterocycles. The molecule has 118 valence electrons. The van der Waals surface area contributed by atoms with Gasteiger partial charge < -0.3 is 15.4 Å². The molecule has 0 aromatic heterocycles. The summed E-state index contributed by atoms with van der Waals surface area (Å²) in [4.78, 5) is 23.5. The number of hydrogen-bond acceptors (Lipinski definition) is 3. The Balaban J connectivity index is 2.42. The molecule has 1 aromatic carbocycles. The van der Waals surface area contributed by atoms with Crippen LogP contribution in [0.15, 0.2) is 24.3 Å². The molecule has 0 atom stereocenters. The second kappa shape index (κ2) is 8.08. The van der Waals surface area contributed by atoms with E-state index in [1.54, 1.807) is 24.3 Å². The van der Waals surface area contributed by atoms with E-state index in [9.17, 15) is 9.59 Å². The first kappa shape index (κ1) is 17.6. The van der Waals surface area contributed by atoms with Crippen LogP contribution < -0.4 is 15.4 Å². The van der Waals surface area contributed by atoms with Crippen molar-refractivity contribution in [2.24, 2.45) is 5.41 Å². The summed E-state index contributed by atoms with van der Waals surface area (Å²) in [5, 5.41) is 5.48. The first-order valence-electron chi connectivity index (χ1n) is 7.07. The highest BCUT2D eigenvalue weighted by Crippen LogP contribution is 2.17. The summed E-state index contributed by atoms with van der Waals surface area (Å²) in [5.74, 6) is 2.72. The molecule has 0 aliphatic carbocycles. The third kappa shape index (κ3) is 6.31. The Bertz CT molecular complexity index is 568. The Hall–Kier alpha value is -2.48. The molecular formula is C17H22N2O3. The summed E-state index contributed by atoms with van der Waals surface area (Å²) in [6.45, 7) is 5.95. The van der Waals surface area contributed by atoms with Crippen LogP contribution in [0.3, 0.4) is 0 Å². The molecule has 0 aliphatic rings. The number of carbonyl (C=O) groups is 2. The zero-order valence-corrected chi connectivity index (χ0v) is 13.2. The van der Waals surface area contributed by atoms with Crippen molar-refractivity contribution in [2.45, 2.75) is 27.2 Å². The van der Waals surface area contributed by atoms with Gasteiger partial charge in [-0.2, -0.15) is 0 Å². The number of benzene rings is 1. The van der Waals surface area contributed by atoms with Crippen molar-refractivity contribution in [1.82, 2.24) is 5.32 Å². The van der Waals surface area contributed by atoms with E-state index < -0.39 is 5.41 Å². The van der Waals surface area contributed by atoms with Gasteiger partial charge in [0.25, 0.3) is 0 Å². The molecular weight excluding hydrogens is 280 g/mol. The lowest BCUT2D eigenvalue weighted by molar-refractivity contribution is -0.128. The maximum absolute atomic E-state index is 11.8. The zero-order valence-electron chi connectivity index (χ0n) is 13.2. The summed E-state index contributed by atoms with van der Waals surface area (Å²) in [6, 6.07) is 6.98. The van der Waals surface area contributed by atoms with E-state index in [0.717, 1.165) is 0 Å². The van der Waals surface area contributed by atoms with E-state index in [0.29, 0.717) is 18.0 Å². The van der Waals surface area contributed by atoms with Crippen LogP contribution in [0.25, 0.3) is 0 Å². The highest BCUT2D eigenvalue weighted by atomic mass is 16.5. The van der Waals surface area contributed by atoms with E-state index in [1.807, 2.05) is 20.8 Å². The SMILES string of the molecule is C#CCOc1cccc(NC(=O)CCNC(=O)C(C)(C)C)c1. The Labute approximate surface area is 131 Å². The molecule has 0 unspecified atom stereocenters. The van der Waals surface area contributed by atoms with Crippen LogP contribution in [0.2, 0.25) is 0 Å². The average molecular weight is 302 g/mol. The second-order valence-corrected chi connectivity index (χ2v) is 5.82. The van der Waals surface area contributed by atoms with Crippen LogP contribution in [0.4, 0.5) is 5.69 Å². The monoisotopic (exact) mass is 302 g/mol. The van der Waals surface area contributed by atoms with Gasteiger partial charge in [0, 0.05) is 30.1 Å². The second-order valence-electron chi connectivity index (χ2n) is 5.82. The molecule has 1 rings (SSSR count). The minimum atomic E-state index is -0.459. The van der Waals surface area contributed by atoms with Crippen molar-refractivity contribution >= 4 is 17.5 Å². The van der Waals surface area contributed by atoms with Crippen molar-refractivity contribution in [3.63, 3.8) is 0 Å². The van der Waals surface area contributed by atoms with Crippen molar-refractivity contribution < 1.29 is 14.3 Å². The molecule has 5 nitrogen and oxygen atoms in total. The highest BCUT2D eigenvalue weighted by Gasteiger charge is 2.20. The Kier molecular flexibility index (Phi) is 6.46. The predicted octanol–water partition coefficient (Wildman–Crippen LogP) is 2.19. The molecule has 2 N–H and O–H groups in total. The zero-order chi connectivity index (χ0) is 16.6. The number of ether oxygens (including phenoxy) is 1. The third-order valence-electron chi connectivity index (χ3n) is 2.76. The summed E-state index contributed by atoms with van der Waals surface area (Å²) in [6.07, 6.45) is 5.33. The fourth-order valence-electron chi connectivity index (χ4n) is 1.57. The van der Waals surface area contributed by atoms with Crippen molar-refractivity contribution in [2.75, 3.05) is 18.5 Å². The molecule has 0 saturated carbocycles. The van der Waals surface area contributed by atoms with Crippen molar-refractivity contribution in [1.29, 1.82) is 0 Å². The first-order chi connectivity index (χ1) is 10.3. The van der Waals surface area contributed by atoms with Crippen LogP contribution in [-0.2, 0) is 9.59 Å². The van der Waals surface area contributed by atoms with Gasteiger partial charge >= 0.3 is 0 Å². The lowest BCUT2D eigenvalue weighted by Gasteiger charge is -2.17. The van der Waals surface area contributed by atoms with Gasteiger partial charge in [0.15, 0.2) is 0 Å². The summed E-state index contributed by atoms with van der Waals surface area (Å²) in [5.41, 5.74) is 0.167. The highest BCUT2D eigenvalue weighted by molar-refractivity contribution is 5.91. The smallest absolute Gasteiger partial charge is 0.226 e. The summed E-state index contributed by atoms with van der Waals surface area (Å²) in [7, 11) is 0. The summed E-state index contributed by atoms with van der Waals surface area (Å²) < 4.78 is 5.28. The molecule has 0 bridgehead atoms. The van der Waals surface area contributed by atoms with Gasteiger partial charge in [-0.25, -0.2) is 0 Å². The lowest BCUT2D eigenvalue weighted by atomic mass is 9.96. The van der Waals surface area contributed by atoms with Gasteiger partial charge in [-0.05, 0) is 12.1 Å². The van der Waals surface area contributed by atoms with Gasteiger partial charge in [0.2, 0.25) is 11.8 Å². The standard InChI is InChI=1S/C17H22N2O3/c1-5-11-22-14-8-6-7-13(12-14)19-15(20)9-10-18-16(21)17(2,3)4/h1,6-8,12H,9-11H2,2-4H3,(H,18,21)(H,19,20). The number of hydrogen-bond donors (Lipinski definition) is 2. The average Bonchev–Trinajstić information content (AvgIpc) is 2.44. The Morgan fingerprint density at radius 3 is 2.68 bits per heavy atom. The van der Waals surface area contributed by atoms with Gasteiger partial charge in [0.05, 0.1) is 0 Å². The normalized spacial score (nSPS) is 10.5. The molecule has 2 amide bonds. The Morgan fingerprint density at radius 1 is 1.32 bits per heavy atom. The number of terminal acetylenes is 1. The number of rotatable bonds is 6. The van der Waals surface area contributed by atoms with Crippen LogP contribution in [0.1, 0.15) is 27.2 Å². The van der Waals surface area contributed by atoms with Crippen LogP contribution in [0.5, 0.6) is 5.75 Å². The minimum absolute atomic E-state index is 0.0787. The minimum Gasteiger partial charge on any atom is -0.481 e. The fraction of sp³-hybridized carbons (Fsp3) is 0.412. The Morgan fingerprint density at radius 2 is 2.05 bits per heavy atom. The molecule has 5 heteroatoms. The lowest BCUT2D eigenvalue weighted by Crippen LogP contribution is -2.36. The molecule has 22 heavy (non-hydrogen) atoms. The molecule has 0 heterocycles. The summed E-state index contributed by atoms with van der Waals surface area (Å²) >= 11 is 0. The molecule has 0 radical (unpaired) electrons. The number of nitrogens with one attached hydrogen (secondary N) is 2. The quantitative estimate of drug-likeness (QED) is 0.792. The van der Waals surface area contributed by atoms with Crippen LogP contribution in [0, 0.1) is 17.8 Å². The number of anilines is 1. The topological polar surface area (TPSA) is 67.4 Å². The van der Waals surface area contributed by atoms with Gasteiger partial charge in [-0.15, -0.1) is 6.42 Å². The van der Waals surface area contributed by atoms with Gasteiger partial charge in [-0.3, -0.25) is 9.59 Å². The maximum atomic E-state index is 11.8. The van der Waals surface area contributed by atoms with Crippen LogP contribution in [-0.4, -0.2) is 25.0 Å². The predicted molar refractivity (Wildman–Crippen MR) is 86.5 cm³/mol. The molecule has 0 saturated heterocycles. The van der Waals surface area contributed by atoms with Crippen molar-refractivity contribution in [3.05, 3.63) is 24.3 Å². The third-order valence-corrected chi connectivity index (χ3v) is 2.76. The van der Waals surface area contributed by atoms with E-state index in [-0.39, 0.29) is 24.8 Å². The molecule has 0 fully saturated rings. The van der Waals surface area contributed by atoms with Crippen LogP contribution >= 0.6 is 0 Å². The van der Waals surface area contributed by atoms with Crippen molar-refractivity contribution in [3.8, 4) is 18.1 Å². The van der Waals surface area contributed by atoms with E-state index in [4.69, 9.17) is 11.2 Å². The van der Waals surface area contributed by atoms with E-state index in [1.165, 1.54) is 0 Å². The maximum Gasteiger partial charge on any atom is 0.226 e. The van der Waals surface area contributed by atoms with E-state index in [2.05, 4.69) is 16.6 Å². The molecule has 0 spiro atoms.